The van der Waals surface area contributed by atoms with Crippen molar-refractivity contribution in [2.75, 3.05) is 0 Å². The van der Waals surface area contributed by atoms with E-state index in [0.29, 0.717) is 19.3 Å². The van der Waals surface area contributed by atoms with Gasteiger partial charge in [-0.3, -0.25) is 25.1 Å². The fourth-order valence-corrected chi connectivity index (χ4v) is 3.55. The van der Waals surface area contributed by atoms with Crippen molar-refractivity contribution in [1.82, 2.24) is 10.9 Å². The molecule has 1 amide bonds. The Labute approximate surface area is 178 Å². The third kappa shape index (κ3) is 7.37. The van der Waals surface area contributed by atoms with Crippen LogP contribution in [0, 0.1) is 10.1 Å². The number of amides is 1. The summed E-state index contributed by atoms with van der Waals surface area (Å²) in [6.45, 7) is 0. The first-order valence-corrected chi connectivity index (χ1v) is 10.3. The molecule has 1 aromatic rings. The molecule has 0 saturated heterocycles. The number of nitrogens with zero attached hydrogens (tertiary/aromatic N) is 1. The molecular weight excluding hydrogens is 415 g/mol. The summed E-state index contributed by atoms with van der Waals surface area (Å²) in [6, 6.07) is 5.24. The Morgan fingerprint density at radius 3 is 2.03 bits per heavy atom. The molecule has 0 fully saturated rings. The van der Waals surface area contributed by atoms with Gasteiger partial charge in [0.25, 0.3) is 17.4 Å². The molecular formula is C21H26F3N3O4. The van der Waals surface area contributed by atoms with Gasteiger partial charge in [-0.2, -0.15) is 13.2 Å². The number of hydrogen-bond acceptors (Lipinski definition) is 5. The molecule has 31 heavy (non-hydrogen) atoms. The average Bonchev–Trinajstić information content (AvgIpc) is 2.72. The van der Waals surface area contributed by atoms with E-state index in [1.54, 1.807) is 0 Å². The Kier molecular flexibility index (Phi) is 9.02. The van der Waals surface area contributed by atoms with Crippen molar-refractivity contribution < 1.29 is 27.7 Å². The summed E-state index contributed by atoms with van der Waals surface area (Å²) in [5.41, 5.74) is 3.67. The summed E-state index contributed by atoms with van der Waals surface area (Å²) < 4.78 is 39.6. The van der Waals surface area contributed by atoms with E-state index in [4.69, 9.17) is 0 Å². The van der Waals surface area contributed by atoms with Gasteiger partial charge in [-0.15, -0.1) is 0 Å². The van der Waals surface area contributed by atoms with E-state index in [0.717, 1.165) is 38.2 Å². The number of Topliss-reactive ketones (excluding diaryl/α,β-unsaturated/α-hetero) is 1. The first-order chi connectivity index (χ1) is 14.7. The van der Waals surface area contributed by atoms with Crippen LogP contribution in [0.3, 0.4) is 0 Å². The normalized spacial score (nSPS) is 18.9. The molecule has 0 unspecified atom stereocenters. The zero-order valence-corrected chi connectivity index (χ0v) is 17.1. The number of nitrogens with one attached hydrogen (secondary N) is 2. The number of nitro groups is 1. The lowest BCUT2D eigenvalue weighted by molar-refractivity contribution is -0.385. The molecule has 0 aromatic heterocycles. The quantitative estimate of drug-likeness (QED) is 0.487. The monoisotopic (exact) mass is 441 g/mol. The second-order valence-corrected chi connectivity index (χ2v) is 7.47. The van der Waals surface area contributed by atoms with Gasteiger partial charge in [0.1, 0.15) is 5.56 Å². The number of carbonyl (C=O) groups is 2. The number of carbonyl (C=O) groups excluding carboxylic acids is 2. The van der Waals surface area contributed by atoms with E-state index >= 15 is 0 Å². The van der Waals surface area contributed by atoms with E-state index in [1.807, 2.05) is 0 Å². The number of benzene rings is 1. The summed E-state index contributed by atoms with van der Waals surface area (Å²) in [5, 5.41) is 11.1. The van der Waals surface area contributed by atoms with Crippen molar-refractivity contribution in [3.05, 3.63) is 51.2 Å². The van der Waals surface area contributed by atoms with Crippen molar-refractivity contribution in [2.45, 2.75) is 70.4 Å². The van der Waals surface area contributed by atoms with Gasteiger partial charge in [0.15, 0.2) is 0 Å². The van der Waals surface area contributed by atoms with E-state index < -0.39 is 34.1 Å². The van der Waals surface area contributed by atoms with E-state index in [2.05, 4.69) is 10.9 Å². The third-order valence-corrected chi connectivity index (χ3v) is 5.17. The molecule has 1 aliphatic rings. The number of hydrazine groups is 1. The largest absolute Gasteiger partial charge is 0.454 e. The van der Waals surface area contributed by atoms with Crippen molar-refractivity contribution in [3.8, 4) is 0 Å². The number of allylic oxidation sites excluding steroid dienone is 2. The highest BCUT2D eigenvalue weighted by Gasteiger charge is 2.41. The van der Waals surface area contributed by atoms with Gasteiger partial charge >= 0.3 is 6.18 Å². The third-order valence-electron chi connectivity index (χ3n) is 5.17. The summed E-state index contributed by atoms with van der Waals surface area (Å²) >= 11 is 0. The molecule has 0 atom stereocenters. The maximum Gasteiger partial charge on any atom is 0.454 e. The molecule has 1 aromatic carbocycles. The number of hydrogen-bond donors (Lipinski definition) is 2. The Hall–Kier alpha value is -2.91. The molecule has 170 valence electrons. The zero-order chi connectivity index (χ0) is 22.9. The number of ketones is 1. The Morgan fingerprint density at radius 1 is 0.903 bits per heavy atom. The van der Waals surface area contributed by atoms with Crippen LogP contribution in [0.15, 0.2) is 35.5 Å². The molecule has 0 radical (unpaired) electrons. The fraction of sp³-hybridized carbons (Fsp3) is 0.524. The topological polar surface area (TPSA) is 101 Å². The predicted octanol–water partition coefficient (Wildman–Crippen LogP) is 5.13. The Morgan fingerprint density at radius 2 is 1.45 bits per heavy atom. The van der Waals surface area contributed by atoms with Crippen molar-refractivity contribution in [2.24, 2.45) is 0 Å². The van der Waals surface area contributed by atoms with Gasteiger partial charge in [0, 0.05) is 17.3 Å². The number of halogens is 3. The van der Waals surface area contributed by atoms with Crippen molar-refractivity contribution >= 4 is 17.4 Å². The van der Waals surface area contributed by atoms with Gasteiger partial charge in [0.05, 0.1) is 4.92 Å². The predicted molar refractivity (Wildman–Crippen MR) is 108 cm³/mol. The van der Waals surface area contributed by atoms with Gasteiger partial charge in [-0.05, 0) is 31.7 Å². The number of nitro benzene ring substituents is 1. The van der Waals surface area contributed by atoms with Crippen LogP contribution in [0.5, 0.6) is 0 Å². The van der Waals surface area contributed by atoms with Gasteiger partial charge in [-0.25, -0.2) is 0 Å². The van der Waals surface area contributed by atoms with E-state index in [-0.39, 0.29) is 24.1 Å². The number of alkyl halides is 3. The van der Waals surface area contributed by atoms with Gasteiger partial charge in [0.2, 0.25) is 0 Å². The van der Waals surface area contributed by atoms with Crippen LogP contribution >= 0.6 is 0 Å². The van der Waals surface area contributed by atoms with Crippen LogP contribution in [0.2, 0.25) is 0 Å². The Balaban J connectivity index is 2.28. The summed E-state index contributed by atoms with van der Waals surface area (Å²) in [6.07, 6.45) is 1.47. The van der Waals surface area contributed by atoms with Crippen LogP contribution in [0.25, 0.3) is 0 Å². The second-order valence-electron chi connectivity index (χ2n) is 7.47. The first kappa shape index (κ1) is 24.4. The molecule has 2 N–H and O–H groups in total. The molecule has 10 heteroatoms. The molecule has 0 heterocycles. The van der Waals surface area contributed by atoms with Gasteiger partial charge < -0.3 is 5.43 Å². The van der Waals surface area contributed by atoms with Crippen LogP contribution in [0.1, 0.15) is 74.6 Å². The minimum absolute atomic E-state index is 0.00910. The molecule has 0 bridgehead atoms. The molecule has 2 rings (SSSR count). The average molecular weight is 441 g/mol. The van der Waals surface area contributed by atoms with Crippen LogP contribution < -0.4 is 10.9 Å². The highest BCUT2D eigenvalue weighted by atomic mass is 19.4. The lowest BCUT2D eigenvalue weighted by atomic mass is 9.96. The van der Waals surface area contributed by atoms with Crippen molar-refractivity contribution in [1.29, 1.82) is 0 Å². The van der Waals surface area contributed by atoms with Crippen LogP contribution in [0.4, 0.5) is 18.9 Å². The fourth-order valence-electron chi connectivity index (χ4n) is 3.55. The van der Waals surface area contributed by atoms with Crippen LogP contribution in [-0.4, -0.2) is 22.8 Å². The first-order valence-electron chi connectivity index (χ1n) is 10.3. The molecule has 0 saturated carbocycles. The standard InChI is InChI=1S/C21H26F3N3O4/c22-21(23,24)19(28)15-11-7-5-3-1-2-4-6-8-13-17(15)25-26-20(29)16-12-9-10-14-18(16)27(30)31/h9-10,12,14,25H,1-8,11,13H2,(H,26,29)/b17-15-. The van der Waals surface area contributed by atoms with E-state index in [9.17, 15) is 32.9 Å². The molecule has 7 nitrogen and oxygen atoms in total. The van der Waals surface area contributed by atoms with E-state index in [1.165, 1.54) is 18.2 Å². The SMILES string of the molecule is O=C(NN/C1=C(\C(=O)C(F)(F)F)CCCCCCCCCC1)c1ccccc1[N+](=O)[O-]. The second kappa shape index (κ2) is 11.5. The Bertz CT molecular complexity index is 837. The molecule has 0 spiro atoms. The van der Waals surface area contributed by atoms with Gasteiger partial charge in [-0.1, -0.05) is 50.7 Å². The van der Waals surface area contributed by atoms with Crippen molar-refractivity contribution in [3.63, 3.8) is 0 Å². The maximum atomic E-state index is 13.2. The summed E-state index contributed by atoms with van der Waals surface area (Å²) in [7, 11) is 0. The van der Waals surface area contributed by atoms with Crippen LogP contribution in [-0.2, 0) is 4.79 Å². The minimum Gasteiger partial charge on any atom is -0.302 e. The lowest BCUT2D eigenvalue weighted by Gasteiger charge is -2.19. The lowest BCUT2D eigenvalue weighted by Crippen LogP contribution is -2.39. The maximum absolute atomic E-state index is 13.2. The summed E-state index contributed by atoms with van der Waals surface area (Å²) in [4.78, 5) is 34.9. The smallest absolute Gasteiger partial charge is 0.302 e. The number of rotatable bonds is 5. The zero-order valence-electron chi connectivity index (χ0n) is 17.1. The molecule has 1 aliphatic carbocycles. The number of para-hydroxylation sites is 1. The minimum atomic E-state index is -5.03. The highest BCUT2D eigenvalue weighted by Crippen LogP contribution is 2.28. The molecule has 0 aliphatic heterocycles. The highest BCUT2D eigenvalue weighted by molar-refractivity contribution is 6.00. The summed E-state index contributed by atoms with van der Waals surface area (Å²) in [5.74, 6) is -2.79.